The molecule has 0 saturated carbocycles. The normalized spacial score (nSPS) is 13.9. The number of nitrogens with one attached hydrogen (secondary N) is 1. The highest BCUT2D eigenvalue weighted by molar-refractivity contribution is 7.99. The molecule has 1 aliphatic heterocycles. The van der Waals surface area contributed by atoms with Gasteiger partial charge in [-0.15, -0.1) is 21.5 Å². The topological polar surface area (TPSA) is 76.2 Å². The van der Waals surface area contributed by atoms with Gasteiger partial charge in [0.25, 0.3) is 0 Å². The lowest BCUT2D eigenvalue weighted by atomic mass is 10.3. The monoisotopic (exact) mass is 417 g/mol. The van der Waals surface area contributed by atoms with Crippen molar-refractivity contribution in [3.63, 3.8) is 0 Å². The van der Waals surface area contributed by atoms with Crippen molar-refractivity contribution < 1.29 is 9.21 Å². The van der Waals surface area contributed by atoms with Gasteiger partial charge in [0, 0.05) is 24.5 Å². The van der Waals surface area contributed by atoms with E-state index in [1.807, 2.05) is 22.8 Å². The van der Waals surface area contributed by atoms with Crippen LogP contribution in [0.1, 0.15) is 23.5 Å². The fourth-order valence-corrected chi connectivity index (χ4v) is 4.67. The van der Waals surface area contributed by atoms with E-state index in [2.05, 4.69) is 31.9 Å². The fraction of sp³-hybridized carbons (Fsp3) is 0.421. The fourth-order valence-electron chi connectivity index (χ4n) is 3.20. The van der Waals surface area contributed by atoms with E-state index in [0.717, 1.165) is 36.4 Å². The predicted octanol–water partition coefficient (Wildman–Crippen LogP) is 3.03. The van der Waals surface area contributed by atoms with Crippen LogP contribution in [0.3, 0.4) is 0 Å². The lowest BCUT2D eigenvalue weighted by molar-refractivity contribution is -0.118. The maximum atomic E-state index is 12.2. The standard InChI is InChI=1S/C19H23N5O2S2/c25-17(20-8-7-16-6-4-12-27-16)14-28-19-22-21-18(23-9-1-2-10-23)24(19)13-15-5-3-11-26-15/h3-6,11-12H,1-2,7-10,13-14H2,(H,20,25). The van der Waals surface area contributed by atoms with Crippen LogP contribution in [0.15, 0.2) is 45.5 Å². The first-order valence-electron chi connectivity index (χ1n) is 9.42. The summed E-state index contributed by atoms with van der Waals surface area (Å²) in [5, 5.41) is 14.5. The molecule has 1 aliphatic rings. The van der Waals surface area contributed by atoms with E-state index in [1.165, 1.54) is 29.5 Å². The van der Waals surface area contributed by atoms with E-state index in [-0.39, 0.29) is 5.91 Å². The number of carbonyl (C=O) groups excluding carboxylic acids is 1. The van der Waals surface area contributed by atoms with Crippen molar-refractivity contribution in [1.29, 1.82) is 0 Å². The van der Waals surface area contributed by atoms with E-state index >= 15 is 0 Å². The lowest BCUT2D eigenvalue weighted by Crippen LogP contribution is -2.27. The summed E-state index contributed by atoms with van der Waals surface area (Å²) in [5.41, 5.74) is 0. The zero-order valence-corrected chi connectivity index (χ0v) is 17.2. The molecule has 0 bridgehead atoms. The summed E-state index contributed by atoms with van der Waals surface area (Å²) in [5.74, 6) is 2.04. The Hall–Kier alpha value is -2.26. The lowest BCUT2D eigenvalue weighted by Gasteiger charge is -2.17. The number of aromatic nitrogens is 3. The molecule has 148 valence electrons. The van der Waals surface area contributed by atoms with Gasteiger partial charge in [-0.3, -0.25) is 9.36 Å². The molecule has 0 spiro atoms. The Balaban J connectivity index is 1.36. The molecule has 1 amide bonds. The number of hydrogen-bond donors (Lipinski definition) is 1. The Labute approximate surface area is 172 Å². The summed E-state index contributed by atoms with van der Waals surface area (Å²) >= 11 is 3.13. The Morgan fingerprint density at radius 1 is 1.25 bits per heavy atom. The van der Waals surface area contributed by atoms with Gasteiger partial charge in [0.1, 0.15) is 5.76 Å². The minimum atomic E-state index is 0.0110. The third-order valence-corrected chi connectivity index (χ3v) is 6.49. The summed E-state index contributed by atoms with van der Waals surface area (Å²) in [7, 11) is 0. The minimum Gasteiger partial charge on any atom is -0.467 e. The molecule has 0 aliphatic carbocycles. The molecule has 1 N–H and O–H groups in total. The highest BCUT2D eigenvalue weighted by atomic mass is 32.2. The molecule has 4 rings (SSSR count). The second kappa shape index (κ2) is 9.29. The molecule has 7 nitrogen and oxygen atoms in total. The average Bonchev–Trinajstić information content (AvgIpc) is 3.48. The molecule has 9 heteroatoms. The second-order valence-electron chi connectivity index (χ2n) is 6.61. The number of carbonyl (C=O) groups is 1. The van der Waals surface area contributed by atoms with Gasteiger partial charge in [-0.2, -0.15) is 0 Å². The quantitative estimate of drug-likeness (QED) is 0.540. The molecule has 4 heterocycles. The van der Waals surface area contributed by atoms with Crippen LogP contribution in [0.2, 0.25) is 0 Å². The summed E-state index contributed by atoms with van der Waals surface area (Å²) in [6, 6.07) is 7.94. The first-order valence-corrected chi connectivity index (χ1v) is 11.3. The van der Waals surface area contributed by atoms with Gasteiger partial charge in [-0.25, -0.2) is 0 Å². The SMILES string of the molecule is O=C(CSc1nnc(N2CCCC2)n1Cc1ccco1)NCCc1cccs1. The van der Waals surface area contributed by atoms with Crippen LogP contribution in [0.4, 0.5) is 5.95 Å². The third-order valence-electron chi connectivity index (χ3n) is 4.59. The zero-order chi connectivity index (χ0) is 19.2. The summed E-state index contributed by atoms with van der Waals surface area (Å²) in [4.78, 5) is 15.8. The number of anilines is 1. The molecule has 3 aromatic rings. The van der Waals surface area contributed by atoms with Crippen LogP contribution in [-0.4, -0.2) is 46.1 Å². The first-order chi connectivity index (χ1) is 13.8. The summed E-state index contributed by atoms with van der Waals surface area (Å²) < 4.78 is 7.56. The van der Waals surface area contributed by atoms with Gasteiger partial charge in [0.2, 0.25) is 11.9 Å². The molecule has 1 fully saturated rings. The van der Waals surface area contributed by atoms with Crippen molar-refractivity contribution in [3.8, 4) is 0 Å². The van der Waals surface area contributed by atoms with Gasteiger partial charge < -0.3 is 14.6 Å². The smallest absolute Gasteiger partial charge is 0.230 e. The van der Waals surface area contributed by atoms with E-state index in [9.17, 15) is 4.79 Å². The number of furan rings is 1. The molecule has 3 aromatic heterocycles. The van der Waals surface area contributed by atoms with E-state index in [0.29, 0.717) is 18.8 Å². The Morgan fingerprint density at radius 3 is 2.89 bits per heavy atom. The Kier molecular flexibility index (Phi) is 6.33. The van der Waals surface area contributed by atoms with Crippen LogP contribution >= 0.6 is 23.1 Å². The molecule has 0 aromatic carbocycles. The predicted molar refractivity (Wildman–Crippen MR) is 111 cm³/mol. The maximum absolute atomic E-state index is 12.2. The number of thioether (sulfide) groups is 1. The Bertz CT molecular complexity index is 870. The van der Waals surface area contributed by atoms with Gasteiger partial charge in [0.05, 0.1) is 18.6 Å². The number of thiophene rings is 1. The van der Waals surface area contributed by atoms with Gasteiger partial charge in [0.15, 0.2) is 5.16 Å². The summed E-state index contributed by atoms with van der Waals surface area (Å²) in [6.07, 6.45) is 4.87. The minimum absolute atomic E-state index is 0.0110. The molecular weight excluding hydrogens is 394 g/mol. The molecule has 28 heavy (non-hydrogen) atoms. The first kappa shape index (κ1) is 19.1. The highest BCUT2D eigenvalue weighted by Crippen LogP contribution is 2.25. The number of rotatable bonds is 9. The van der Waals surface area contributed by atoms with Gasteiger partial charge in [-0.1, -0.05) is 17.8 Å². The van der Waals surface area contributed by atoms with Crippen molar-refractivity contribution in [2.24, 2.45) is 0 Å². The van der Waals surface area contributed by atoms with E-state index in [4.69, 9.17) is 4.42 Å². The van der Waals surface area contributed by atoms with Crippen LogP contribution in [0.25, 0.3) is 0 Å². The molecular formula is C19H23N5O2S2. The molecule has 0 radical (unpaired) electrons. The highest BCUT2D eigenvalue weighted by Gasteiger charge is 2.22. The maximum Gasteiger partial charge on any atom is 0.230 e. The van der Waals surface area contributed by atoms with Crippen molar-refractivity contribution in [1.82, 2.24) is 20.1 Å². The van der Waals surface area contributed by atoms with Gasteiger partial charge in [-0.05, 0) is 42.8 Å². The summed E-state index contributed by atoms with van der Waals surface area (Å²) in [6.45, 7) is 3.19. The van der Waals surface area contributed by atoms with Crippen LogP contribution in [0.5, 0.6) is 0 Å². The van der Waals surface area contributed by atoms with Crippen LogP contribution < -0.4 is 10.2 Å². The van der Waals surface area contributed by atoms with Crippen molar-refractivity contribution >= 4 is 35.0 Å². The molecule has 1 saturated heterocycles. The number of nitrogens with zero attached hydrogens (tertiary/aromatic N) is 4. The van der Waals surface area contributed by atoms with E-state index in [1.54, 1.807) is 17.6 Å². The second-order valence-corrected chi connectivity index (χ2v) is 8.58. The van der Waals surface area contributed by atoms with Crippen LogP contribution in [0, 0.1) is 0 Å². The van der Waals surface area contributed by atoms with Crippen molar-refractivity contribution in [2.75, 3.05) is 30.3 Å². The largest absolute Gasteiger partial charge is 0.467 e. The van der Waals surface area contributed by atoms with Crippen LogP contribution in [-0.2, 0) is 17.8 Å². The molecule has 0 atom stereocenters. The Morgan fingerprint density at radius 2 is 2.14 bits per heavy atom. The number of hydrogen-bond acceptors (Lipinski definition) is 7. The third kappa shape index (κ3) is 4.77. The van der Waals surface area contributed by atoms with E-state index < -0.39 is 0 Å². The van der Waals surface area contributed by atoms with Gasteiger partial charge >= 0.3 is 0 Å². The van der Waals surface area contributed by atoms with Crippen molar-refractivity contribution in [3.05, 3.63) is 46.5 Å². The van der Waals surface area contributed by atoms with Crippen molar-refractivity contribution in [2.45, 2.75) is 31.0 Å². The average molecular weight is 418 g/mol. The zero-order valence-electron chi connectivity index (χ0n) is 15.5. The number of amides is 1. The molecule has 0 unspecified atom stereocenters.